The van der Waals surface area contributed by atoms with Gasteiger partial charge in [-0.05, 0) is 17.5 Å². The van der Waals surface area contributed by atoms with Gasteiger partial charge in [-0.3, -0.25) is 0 Å². The minimum Gasteiger partial charge on any atom is -0.395 e. The van der Waals surface area contributed by atoms with E-state index < -0.39 is 18.2 Å². The van der Waals surface area contributed by atoms with Crippen molar-refractivity contribution in [2.75, 3.05) is 6.61 Å². The van der Waals surface area contributed by atoms with Crippen molar-refractivity contribution in [1.82, 2.24) is 5.32 Å². The van der Waals surface area contributed by atoms with Crippen LogP contribution in [0.25, 0.3) is 0 Å². The van der Waals surface area contributed by atoms with Crippen molar-refractivity contribution in [3.05, 3.63) is 35.4 Å². The fraction of sp³-hybridized carbons (Fsp3) is 0.538. The molecule has 2 rings (SSSR count). The molecule has 4 nitrogen and oxygen atoms in total. The minimum absolute atomic E-state index is 0.179. The molecule has 1 aromatic rings. The van der Waals surface area contributed by atoms with Crippen molar-refractivity contribution >= 4 is 0 Å². The van der Waals surface area contributed by atoms with Gasteiger partial charge in [-0.1, -0.05) is 31.2 Å². The third-order valence-electron chi connectivity index (χ3n) is 3.44. The van der Waals surface area contributed by atoms with E-state index in [2.05, 4.69) is 12.2 Å². The quantitative estimate of drug-likeness (QED) is 0.596. The molecule has 0 radical (unpaired) electrons. The predicted molar refractivity (Wildman–Crippen MR) is 64.6 cm³/mol. The summed E-state index contributed by atoms with van der Waals surface area (Å²) in [6.45, 7) is 1.91. The highest BCUT2D eigenvalue weighted by Crippen LogP contribution is 2.27. The summed E-state index contributed by atoms with van der Waals surface area (Å²) in [5, 5.41) is 31.7. The molecule has 1 heterocycles. The Kier molecular flexibility index (Phi) is 3.79. The van der Waals surface area contributed by atoms with Crippen LogP contribution < -0.4 is 5.32 Å². The Hall–Kier alpha value is -0.940. The van der Waals surface area contributed by atoms with E-state index >= 15 is 0 Å². The second-order valence-corrected chi connectivity index (χ2v) is 4.51. The van der Waals surface area contributed by atoms with E-state index in [-0.39, 0.29) is 12.6 Å². The summed E-state index contributed by atoms with van der Waals surface area (Å²) in [6, 6.07) is 7.16. The Balaban J connectivity index is 2.16. The molecule has 4 N–H and O–H groups in total. The van der Waals surface area contributed by atoms with Crippen LogP contribution in [0.15, 0.2) is 24.3 Å². The van der Waals surface area contributed by atoms with Crippen LogP contribution in [0.1, 0.15) is 24.1 Å². The molecule has 94 valence electrons. The fourth-order valence-corrected chi connectivity index (χ4v) is 2.28. The van der Waals surface area contributed by atoms with E-state index in [1.54, 1.807) is 0 Å². The van der Waals surface area contributed by atoms with Gasteiger partial charge in [-0.15, -0.1) is 0 Å². The average molecular weight is 237 g/mol. The summed E-state index contributed by atoms with van der Waals surface area (Å²) in [4.78, 5) is 0. The Bertz CT molecular complexity index is 365. The number of rotatable bonds is 3. The first-order valence-corrected chi connectivity index (χ1v) is 5.99. The molecular weight excluding hydrogens is 218 g/mol. The van der Waals surface area contributed by atoms with Gasteiger partial charge in [0.2, 0.25) is 0 Å². The number of benzene rings is 1. The van der Waals surface area contributed by atoms with Crippen LogP contribution in [0.4, 0.5) is 0 Å². The standard InChI is InChI=1S/C13H19NO3/c1-2-8-3-5-9(6-4-8)11-13(17)12(16)10(7-15)14-11/h3-6,10-17H,2,7H2,1H3/t10-,11+,12-,13+/m1/s1. The largest absolute Gasteiger partial charge is 0.395 e. The van der Waals surface area contributed by atoms with E-state index in [4.69, 9.17) is 5.11 Å². The summed E-state index contributed by atoms with van der Waals surface area (Å²) in [5.41, 5.74) is 2.17. The number of nitrogens with one attached hydrogen (secondary N) is 1. The summed E-state index contributed by atoms with van der Waals surface area (Å²) in [7, 11) is 0. The van der Waals surface area contributed by atoms with Gasteiger partial charge in [-0.2, -0.15) is 0 Å². The minimum atomic E-state index is -0.921. The average Bonchev–Trinajstić information content (AvgIpc) is 2.66. The number of hydrogen-bond acceptors (Lipinski definition) is 4. The molecule has 1 aliphatic rings. The smallest absolute Gasteiger partial charge is 0.101 e. The Morgan fingerprint density at radius 2 is 1.76 bits per heavy atom. The molecule has 4 atom stereocenters. The van der Waals surface area contributed by atoms with Crippen molar-refractivity contribution in [1.29, 1.82) is 0 Å². The van der Waals surface area contributed by atoms with Crippen molar-refractivity contribution < 1.29 is 15.3 Å². The van der Waals surface area contributed by atoms with E-state index in [0.717, 1.165) is 12.0 Å². The molecule has 4 heteroatoms. The van der Waals surface area contributed by atoms with E-state index in [1.165, 1.54) is 5.56 Å². The maximum atomic E-state index is 9.92. The number of hydrogen-bond donors (Lipinski definition) is 4. The van der Waals surface area contributed by atoms with Gasteiger partial charge in [0.05, 0.1) is 24.8 Å². The molecule has 0 amide bonds. The Morgan fingerprint density at radius 3 is 2.24 bits per heavy atom. The topological polar surface area (TPSA) is 72.7 Å². The second-order valence-electron chi connectivity index (χ2n) is 4.51. The van der Waals surface area contributed by atoms with Crippen LogP contribution in [0.5, 0.6) is 0 Å². The molecule has 17 heavy (non-hydrogen) atoms. The monoisotopic (exact) mass is 237 g/mol. The lowest BCUT2D eigenvalue weighted by molar-refractivity contribution is 0.0194. The zero-order valence-electron chi connectivity index (χ0n) is 9.87. The lowest BCUT2D eigenvalue weighted by atomic mass is 9.99. The normalized spacial score (nSPS) is 32.9. The first-order valence-electron chi connectivity index (χ1n) is 5.99. The molecule has 1 fully saturated rings. The highest BCUT2D eigenvalue weighted by atomic mass is 16.3. The summed E-state index contributed by atoms with van der Waals surface area (Å²) < 4.78 is 0. The molecule has 1 aliphatic heterocycles. The fourth-order valence-electron chi connectivity index (χ4n) is 2.28. The number of aryl methyl sites for hydroxylation is 1. The lowest BCUT2D eigenvalue weighted by Crippen LogP contribution is -2.35. The van der Waals surface area contributed by atoms with Gasteiger partial charge in [0, 0.05) is 0 Å². The second kappa shape index (κ2) is 5.14. The zero-order valence-corrected chi connectivity index (χ0v) is 9.87. The molecule has 1 aromatic carbocycles. The third-order valence-corrected chi connectivity index (χ3v) is 3.44. The molecule has 1 saturated heterocycles. The number of aliphatic hydroxyl groups is 3. The Morgan fingerprint density at radius 1 is 1.12 bits per heavy atom. The molecule has 0 spiro atoms. The summed E-state index contributed by atoms with van der Waals surface area (Å²) in [5.74, 6) is 0. The highest BCUT2D eigenvalue weighted by molar-refractivity contribution is 5.27. The van der Waals surface area contributed by atoms with Crippen molar-refractivity contribution in [2.45, 2.75) is 37.6 Å². The van der Waals surface area contributed by atoms with Gasteiger partial charge in [0.1, 0.15) is 6.10 Å². The molecule has 0 unspecified atom stereocenters. The first-order chi connectivity index (χ1) is 8.17. The van der Waals surface area contributed by atoms with Crippen molar-refractivity contribution in [3.63, 3.8) is 0 Å². The van der Waals surface area contributed by atoms with Gasteiger partial charge in [-0.25, -0.2) is 0 Å². The van der Waals surface area contributed by atoms with E-state index in [0.29, 0.717) is 0 Å². The lowest BCUT2D eigenvalue weighted by Gasteiger charge is -2.16. The molecule has 0 aliphatic carbocycles. The maximum absolute atomic E-state index is 9.92. The van der Waals surface area contributed by atoms with Crippen LogP contribution in [0.2, 0.25) is 0 Å². The highest BCUT2D eigenvalue weighted by Gasteiger charge is 2.41. The van der Waals surface area contributed by atoms with Crippen LogP contribution in [0, 0.1) is 0 Å². The van der Waals surface area contributed by atoms with Gasteiger partial charge >= 0.3 is 0 Å². The van der Waals surface area contributed by atoms with E-state index in [9.17, 15) is 10.2 Å². The van der Waals surface area contributed by atoms with Gasteiger partial charge in [0.25, 0.3) is 0 Å². The summed E-state index contributed by atoms with van der Waals surface area (Å²) >= 11 is 0. The van der Waals surface area contributed by atoms with Crippen LogP contribution >= 0.6 is 0 Å². The Labute approximate surface area is 101 Å². The van der Waals surface area contributed by atoms with Gasteiger partial charge < -0.3 is 20.6 Å². The molecular formula is C13H19NO3. The van der Waals surface area contributed by atoms with Crippen molar-refractivity contribution in [3.8, 4) is 0 Å². The first kappa shape index (κ1) is 12.5. The van der Waals surface area contributed by atoms with Crippen LogP contribution in [0.3, 0.4) is 0 Å². The number of aliphatic hydroxyl groups excluding tert-OH is 3. The van der Waals surface area contributed by atoms with Gasteiger partial charge in [0.15, 0.2) is 0 Å². The maximum Gasteiger partial charge on any atom is 0.101 e. The SMILES string of the molecule is CCc1ccc([C@@H]2N[C@H](CO)[C@@H](O)[C@H]2O)cc1. The summed E-state index contributed by atoms with van der Waals surface area (Å²) in [6.07, 6.45) is -0.821. The predicted octanol–water partition coefficient (Wildman–Crippen LogP) is -0.0240. The third kappa shape index (κ3) is 2.35. The molecule has 0 aromatic heterocycles. The van der Waals surface area contributed by atoms with Crippen LogP contribution in [-0.2, 0) is 6.42 Å². The zero-order chi connectivity index (χ0) is 12.4. The molecule has 0 bridgehead atoms. The molecule has 0 saturated carbocycles. The van der Waals surface area contributed by atoms with Crippen LogP contribution in [-0.4, -0.2) is 40.2 Å². The van der Waals surface area contributed by atoms with E-state index in [1.807, 2.05) is 24.3 Å². The van der Waals surface area contributed by atoms with Crippen molar-refractivity contribution in [2.24, 2.45) is 0 Å².